The van der Waals surface area contributed by atoms with Gasteiger partial charge in [0.1, 0.15) is 12.0 Å². The van der Waals surface area contributed by atoms with Crippen molar-refractivity contribution >= 4 is 23.3 Å². The van der Waals surface area contributed by atoms with Gasteiger partial charge in [-0.15, -0.1) is 18.3 Å². The summed E-state index contributed by atoms with van der Waals surface area (Å²) in [5.74, 6) is 1.66. The molecule has 0 radical (unpaired) electrons. The largest absolute Gasteiger partial charge is 0.331 e. The lowest BCUT2D eigenvalue weighted by atomic mass is 9.98. The first-order chi connectivity index (χ1) is 15.4. The summed E-state index contributed by atoms with van der Waals surface area (Å²) in [6.07, 6.45) is 9.35. The SMILES string of the molecule is C=CCNCCN1C(C(S/C=C\C)C(C)CC)=NCC(C(/C=C\CC(C)F)=NC)=C1CC. The molecule has 0 fully saturated rings. The third kappa shape index (κ3) is 8.70. The molecule has 4 nitrogen and oxygen atoms in total. The summed E-state index contributed by atoms with van der Waals surface area (Å²) in [5, 5.41) is 5.91. The molecule has 0 saturated heterocycles. The smallest absolute Gasteiger partial charge is 0.117 e. The molecular formula is C26H43FN4S. The number of alkyl halides is 1. The number of nitrogens with one attached hydrogen (secondary N) is 1. The molecule has 1 heterocycles. The number of nitrogens with zero attached hydrogens (tertiary/aromatic N) is 3. The fraction of sp³-hybridized carbons (Fsp3) is 0.615. The van der Waals surface area contributed by atoms with Gasteiger partial charge in [0, 0.05) is 38.0 Å². The Morgan fingerprint density at radius 1 is 1.38 bits per heavy atom. The van der Waals surface area contributed by atoms with E-state index in [1.54, 1.807) is 14.0 Å². The van der Waals surface area contributed by atoms with Gasteiger partial charge in [0.05, 0.1) is 17.5 Å². The zero-order chi connectivity index (χ0) is 23.9. The first-order valence-corrected chi connectivity index (χ1v) is 12.8. The second-order valence-electron chi connectivity index (χ2n) is 8.04. The van der Waals surface area contributed by atoms with Crippen molar-refractivity contribution in [3.8, 4) is 0 Å². The average molecular weight is 463 g/mol. The molecule has 180 valence electrons. The van der Waals surface area contributed by atoms with E-state index in [1.807, 2.05) is 30.0 Å². The highest BCUT2D eigenvalue weighted by atomic mass is 32.2. The van der Waals surface area contributed by atoms with Crippen LogP contribution in [0.3, 0.4) is 0 Å². The van der Waals surface area contributed by atoms with E-state index in [1.165, 1.54) is 5.70 Å². The molecule has 1 aliphatic rings. The summed E-state index contributed by atoms with van der Waals surface area (Å²) in [7, 11) is 1.80. The standard InChI is InChI=1S/C26H43FN4S/c1-8-15-29-16-17-31-24(11-4)22(23(28-7)14-12-13-21(6)27)19-30-26(31)25(20(5)10-3)32-18-9-2/h8-9,12,14,18,20-21,25,29H,1,10-11,13,15-17,19H2,2-7H3/b14-12-,18-9-,28-23?. The van der Waals surface area contributed by atoms with Gasteiger partial charge in [-0.2, -0.15) is 0 Å². The monoisotopic (exact) mass is 462 g/mol. The Kier molecular flexibility index (Phi) is 14.2. The molecule has 0 aliphatic carbocycles. The van der Waals surface area contributed by atoms with E-state index in [0.717, 1.165) is 49.6 Å². The van der Waals surface area contributed by atoms with Crippen LogP contribution in [0.1, 0.15) is 53.9 Å². The molecule has 0 aromatic heterocycles. The van der Waals surface area contributed by atoms with Crippen molar-refractivity contribution in [3.63, 3.8) is 0 Å². The Morgan fingerprint density at radius 3 is 2.69 bits per heavy atom. The molecule has 1 rings (SSSR count). The molecule has 0 spiro atoms. The van der Waals surface area contributed by atoms with Crippen LogP contribution in [0, 0.1) is 5.92 Å². The quantitative estimate of drug-likeness (QED) is 0.179. The highest BCUT2D eigenvalue weighted by Crippen LogP contribution is 2.31. The van der Waals surface area contributed by atoms with Crippen LogP contribution in [-0.2, 0) is 0 Å². The second-order valence-corrected chi connectivity index (χ2v) is 9.09. The maximum absolute atomic E-state index is 13.3. The number of amidine groups is 1. The van der Waals surface area contributed by atoms with Crippen LogP contribution in [0.5, 0.6) is 0 Å². The topological polar surface area (TPSA) is 40.0 Å². The Balaban J connectivity index is 3.36. The summed E-state index contributed by atoms with van der Waals surface area (Å²) >= 11 is 1.86. The number of hydrogen-bond acceptors (Lipinski definition) is 5. The lowest BCUT2D eigenvalue weighted by Gasteiger charge is -2.38. The Morgan fingerprint density at radius 2 is 2.12 bits per heavy atom. The lowest BCUT2D eigenvalue weighted by Crippen LogP contribution is -2.46. The third-order valence-corrected chi connectivity index (χ3v) is 6.95. The first kappa shape index (κ1) is 28.4. The normalized spacial score (nSPS) is 18.4. The van der Waals surface area contributed by atoms with E-state index < -0.39 is 6.17 Å². The van der Waals surface area contributed by atoms with Crippen LogP contribution in [0.2, 0.25) is 0 Å². The predicted molar refractivity (Wildman–Crippen MR) is 143 cm³/mol. The van der Waals surface area contributed by atoms with Crippen molar-refractivity contribution < 1.29 is 4.39 Å². The van der Waals surface area contributed by atoms with Crippen molar-refractivity contribution in [2.45, 2.75) is 65.3 Å². The summed E-state index contributed by atoms with van der Waals surface area (Å²) in [4.78, 5) is 12.0. The minimum Gasteiger partial charge on any atom is -0.331 e. The fourth-order valence-corrected chi connectivity index (χ4v) is 4.77. The summed E-state index contributed by atoms with van der Waals surface area (Å²) in [6, 6.07) is 0. The highest BCUT2D eigenvalue weighted by Gasteiger charge is 2.32. The van der Waals surface area contributed by atoms with Crippen LogP contribution in [0.25, 0.3) is 0 Å². The lowest BCUT2D eigenvalue weighted by molar-refractivity contribution is 0.365. The maximum Gasteiger partial charge on any atom is 0.117 e. The van der Waals surface area contributed by atoms with Gasteiger partial charge >= 0.3 is 0 Å². The van der Waals surface area contributed by atoms with Crippen molar-refractivity contribution in [2.75, 3.05) is 33.2 Å². The molecule has 1 aliphatic heterocycles. The molecule has 3 unspecified atom stereocenters. The molecule has 6 heteroatoms. The van der Waals surface area contributed by atoms with E-state index in [-0.39, 0.29) is 0 Å². The van der Waals surface area contributed by atoms with Gasteiger partial charge in [0.15, 0.2) is 0 Å². The van der Waals surface area contributed by atoms with Gasteiger partial charge in [0.25, 0.3) is 0 Å². The predicted octanol–water partition coefficient (Wildman–Crippen LogP) is 6.20. The Labute approximate surface area is 199 Å². The van der Waals surface area contributed by atoms with E-state index in [4.69, 9.17) is 4.99 Å². The van der Waals surface area contributed by atoms with Crippen LogP contribution in [-0.4, -0.2) is 61.1 Å². The maximum atomic E-state index is 13.3. The molecule has 0 aromatic rings. The molecule has 1 N–H and O–H groups in total. The second kappa shape index (κ2) is 16.0. The minimum atomic E-state index is -0.854. The molecule has 0 amide bonds. The molecule has 32 heavy (non-hydrogen) atoms. The Bertz CT molecular complexity index is 721. The van der Waals surface area contributed by atoms with Crippen molar-refractivity contribution in [3.05, 3.63) is 47.6 Å². The number of allylic oxidation sites excluding steroid dienone is 4. The van der Waals surface area contributed by atoms with Gasteiger partial charge in [-0.05, 0) is 44.1 Å². The van der Waals surface area contributed by atoms with Gasteiger partial charge in [-0.1, -0.05) is 45.4 Å². The first-order valence-electron chi connectivity index (χ1n) is 11.8. The Hall–Kier alpha value is -1.66. The molecule has 3 atom stereocenters. The van der Waals surface area contributed by atoms with Crippen molar-refractivity contribution in [1.29, 1.82) is 0 Å². The van der Waals surface area contributed by atoms with E-state index in [0.29, 0.717) is 24.1 Å². The van der Waals surface area contributed by atoms with Crippen LogP contribution >= 0.6 is 11.8 Å². The summed E-state index contributed by atoms with van der Waals surface area (Å²) in [6.45, 7) is 17.3. The van der Waals surface area contributed by atoms with Gasteiger partial charge in [-0.3, -0.25) is 9.98 Å². The number of halogens is 1. The zero-order valence-corrected chi connectivity index (χ0v) is 21.7. The van der Waals surface area contributed by atoms with Crippen LogP contribution in [0.4, 0.5) is 4.39 Å². The minimum absolute atomic E-state index is 0.295. The molecular weight excluding hydrogens is 419 g/mol. The average Bonchev–Trinajstić information content (AvgIpc) is 2.79. The zero-order valence-electron chi connectivity index (χ0n) is 20.9. The molecule has 0 bridgehead atoms. The van der Waals surface area contributed by atoms with E-state index in [9.17, 15) is 4.39 Å². The van der Waals surface area contributed by atoms with E-state index >= 15 is 0 Å². The molecule has 0 aromatic carbocycles. The van der Waals surface area contributed by atoms with E-state index in [2.05, 4.69) is 61.0 Å². The number of thioether (sulfide) groups is 1. The molecule has 0 saturated carbocycles. The highest BCUT2D eigenvalue weighted by molar-refractivity contribution is 8.03. The third-order valence-electron chi connectivity index (χ3n) is 5.55. The van der Waals surface area contributed by atoms with Crippen molar-refractivity contribution in [1.82, 2.24) is 10.2 Å². The van der Waals surface area contributed by atoms with Gasteiger partial charge < -0.3 is 10.2 Å². The van der Waals surface area contributed by atoms with Crippen LogP contribution in [0.15, 0.2) is 57.5 Å². The summed E-state index contributed by atoms with van der Waals surface area (Å²) in [5.41, 5.74) is 3.31. The number of rotatable bonds is 15. The number of hydrogen-bond donors (Lipinski definition) is 1. The number of aliphatic imine (C=N–C) groups is 2. The van der Waals surface area contributed by atoms with Gasteiger partial charge in [0.2, 0.25) is 0 Å². The van der Waals surface area contributed by atoms with Gasteiger partial charge in [-0.25, -0.2) is 4.39 Å². The van der Waals surface area contributed by atoms with Crippen molar-refractivity contribution in [2.24, 2.45) is 15.9 Å². The summed E-state index contributed by atoms with van der Waals surface area (Å²) < 4.78 is 13.3. The fourth-order valence-electron chi connectivity index (χ4n) is 3.66. The van der Waals surface area contributed by atoms with Crippen LogP contribution < -0.4 is 5.32 Å².